The van der Waals surface area contributed by atoms with Crippen LogP contribution < -0.4 is 49.1 Å². The molecule has 61 heavy (non-hydrogen) atoms. The van der Waals surface area contributed by atoms with Crippen LogP contribution in [0, 0.1) is 5.41 Å². The van der Waals surface area contributed by atoms with Gasteiger partial charge in [0.1, 0.15) is 41.7 Å². The third kappa shape index (κ3) is 19.1. The van der Waals surface area contributed by atoms with Crippen LogP contribution in [0.15, 0.2) is 48.5 Å². The number of carbonyl (C=O) groups is 8. The van der Waals surface area contributed by atoms with Gasteiger partial charge < -0.3 is 69.5 Å². The number of amides is 6. The first kappa shape index (κ1) is 50.2. The number of nitrogens with two attached hydrogens (primary N) is 3. The van der Waals surface area contributed by atoms with Crippen molar-refractivity contribution in [2.75, 3.05) is 6.54 Å². The highest BCUT2D eigenvalue weighted by Gasteiger charge is 2.34. The number of carbonyl (C=O) groups excluding carboxylic acids is 6. The summed E-state index contributed by atoms with van der Waals surface area (Å²) in [5, 5.41) is 60.6. The largest absolute Gasteiger partial charge is 0.508 e. The number of carboxylic acid groups (broad SMARTS) is 2. The van der Waals surface area contributed by atoms with Gasteiger partial charge in [-0.1, -0.05) is 44.0 Å². The highest BCUT2D eigenvalue weighted by molar-refractivity contribution is 5.97. The van der Waals surface area contributed by atoms with Crippen molar-refractivity contribution in [3.05, 3.63) is 59.7 Å². The molecule has 0 spiro atoms. The van der Waals surface area contributed by atoms with E-state index in [1.165, 1.54) is 48.5 Å². The number of nitrogens with one attached hydrogen (secondary N) is 7. The molecule has 0 saturated heterocycles. The highest BCUT2D eigenvalue weighted by atomic mass is 16.4. The summed E-state index contributed by atoms with van der Waals surface area (Å²) >= 11 is 0. The average Bonchev–Trinajstić information content (AvgIpc) is 3.19. The Morgan fingerprint density at radius 3 is 1.46 bits per heavy atom. The SMILES string of the molecule is CCCC[C@H](NC(=O)[C@H](CCCNC(=N)N)NC(=O)[C@H](Cc1ccc(O)cc1)NC(=O)[C@H](Cc1ccc(O)cc1)NC(=O)[C@H](CC(=O)O)NC(=O)[C@@H](N)CCC(=O)O)C(N)=O. The summed E-state index contributed by atoms with van der Waals surface area (Å²) in [5.41, 5.74) is 17.5. The Balaban J connectivity index is 2.51. The zero-order valence-corrected chi connectivity index (χ0v) is 33.6. The summed E-state index contributed by atoms with van der Waals surface area (Å²) < 4.78 is 0. The maximum absolute atomic E-state index is 14.2. The summed E-state index contributed by atoms with van der Waals surface area (Å²) in [5.74, 6) is -8.95. The molecule has 2 rings (SSSR count). The van der Waals surface area contributed by atoms with Crippen molar-refractivity contribution in [1.29, 1.82) is 5.41 Å². The molecule has 0 aromatic heterocycles. The molecule has 0 fully saturated rings. The fourth-order valence-electron chi connectivity index (χ4n) is 5.81. The number of rotatable bonds is 27. The number of guanidine groups is 1. The lowest BCUT2D eigenvalue weighted by Gasteiger charge is -2.27. The van der Waals surface area contributed by atoms with Gasteiger partial charge in [0.2, 0.25) is 35.4 Å². The number of phenols is 2. The molecular weight excluding hydrogens is 800 g/mol. The number of aliphatic carboxylic acids is 2. The second-order valence-corrected chi connectivity index (χ2v) is 14.2. The van der Waals surface area contributed by atoms with Crippen LogP contribution >= 0.6 is 0 Å². The fourth-order valence-corrected chi connectivity index (χ4v) is 5.81. The summed E-state index contributed by atoms with van der Waals surface area (Å²) in [6, 6.07) is 2.44. The second-order valence-electron chi connectivity index (χ2n) is 14.2. The van der Waals surface area contributed by atoms with Crippen molar-refractivity contribution in [2.45, 2.75) is 107 Å². The number of benzene rings is 2. The lowest BCUT2D eigenvalue weighted by Crippen LogP contribution is -2.60. The minimum atomic E-state index is -1.80. The third-order valence-corrected chi connectivity index (χ3v) is 9.16. The van der Waals surface area contributed by atoms with Gasteiger partial charge in [0.15, 0.2) is 5.96 Å². The van der Waals surface area contributed by atoms with Crippen molar-refractivity contribution in [3.8, 4) is 11.5 Å². The van der Waals surface area contributed by atoms with Crippen LogP contribution in [0.3, 0.4) is 0 Å². The summed E-state index contributed by atoms with van der Waals surface area (Å²) in [7, 11) is 0. The smallest absolute Gasteiger partial charge is 0.305 e. The van der Waals surface area contributed by atoms with Gasteiger partial charge in [0, 0.05) is 25.8 Å². The number of hydrogen-bond acceptors (Lipinski definition) is 12. The highest BCUT2D eigenvalue weighted by Crippen LogP contribution is 2.15. The second kappa shape index (κ2) is 25.5. The maximum atomic E-state index is 14.2. The Bertz CT molecular complexity index is 1840. The normalized spacial score (nSPS) is 13.7. The quantitative estimate of drug-likeness (QED) is 0.0260. The molecule has 0 bridgehead atoms. The Kier molecular flexibility index (Phi) is 21.0. The van der Waals surface area contributed by atoms with Gasteiger partial charge in [-0.25, -0.2) is 0 Å². The van der Waals surface area contributed by atoms with Crippen molar-refractivity contribution in [1.82, 2.24) is 31.9 Å². The zero-order chi connectivity index (χ0) is 45.6. The number of unbranched alkanes of at least 4 members (excludes halogenated alkanes) is 1. The predicted octanol–water partition coefficient (Wildman–Crippen LogP) is -2.09. The van der Waals surface area contributed by atoms with Crippen LogP contribution in [0.1, 0.15) is 69.4 Å². The summed E-state index contributed by atoms with van der Waals surface area (Å²) in [6.07, 6.45) is -0.678. The van der Waals surface area contributed by atoms with Crippen LogP contribution in [-0.2, 0) is 51.2 Å². The van der Waals surface area contributed by atoms with Crippen LogP contribution in [0.5, 0.6) is 11.5 Å². The fraction of sp³-hybridized carbons (Fsp3) is 0.462. The first-order chi connectivity index (χ1) is 28.8. The minimum absolute atomic E-state index is 0.0345. The van der Waals surface area contributed by atoms with Crippen molar-refractivity contribution < 1.29 is 58.8 Å². The molecule has 2 aromatic rings. The first-order valence-electron chi connectivity index (χ1n) is 19.4. The van der Waals surface area contributed by atoms with Crippen molar-refractivity contribution in [3.63, 3.8) is 0 Å². The Morgan fingerprint density at radius 1 is 0.590 bits per heavy atom. The number of carboxylic acids is 2. The van der Waals surface area contributed by atoms with Crippen molar-refractivity contribution >= 4 is 53.3 Å². The van der Waals surface area contributed by atoms with Gasteiger partial charge in [-0.2, -0.15) is 0 Å². The Morgan fingerprint density at radius 2 is 1.02 bits per heavy atom. The van der Waals surface area contributed by atoms with E-state index in [1.807, 2.05) is 6.92 Å². The molecule has 22 nitrogen and oxygen atoms in total. The van der Waals surface area contributed by atoms with E-state index in [-0.39, 0.29) is 62.5 Å². The average molecular weight is 857 g/mol. The van der Waals surface area contributed by atoms with E-state index in [9.17, 15) is 53.7 Å². The van der Waals surface area contributed by atoms with E-state index in [0.717, 1.165) is 0 Å². The van der Waals surface area contributed by atoms with E-state index >= 15 is 0 Å². The lowest BCUT2D eigenvalue weighted by molar-refractivity contribution is -0.141. The molecule has 0 radical (unpaired) electrons. The van der Waals surface area contributed by atoms with Gasteiger partial charge in [-0.3, -0.25) is 43.8 Å². The number of hydrogen-bond donors (Lipinski definition) is 14. The van der Waals surface area contributed by atoms with E-state index in [2.05, 4.69) is 31.9 Å². The molecule has 2 aromatic carbocycles. The maximum Gasteiger partial charge on any atom is 0.305 e. The molecule has 6 amide bonds. The molecule has 0 unspecified atom stereocenters. The van der Waals surface area contributed by atoms with E-state index in [1.54, 1.807) is 0 Å². The summed E-state index contributed by atoms with van der Waals surface area (Å²) in [4.78, 5) is 103. The molecule has 0 aliphatic rings. The number of primary amides is 1. The van der Waals surface area contributed by atoms with Crippen LogP contribution in [0.2, 0.25) is 0 Å². The van der Waals surface area contributed by atoms with Crippen molar-refractivity contribution in [2.24, 2.45) is 17.2 Å². The van der Waals surface area contributed by atoms with E-state index < -0.39 is 96.5 Å². The predicted molar refractivity (Wildman–Crippen MR) is 218 cm³/mol. The Hall–Kier alpha value is -6.97. The van der Waals surface area contributed by atoms with Gasteiger partial charge >= 0.3 is 11.9 Å². The van der Waals surface area contributed by atoms with Gasteiger partial charge in [0.25, 0.3) is 0 Å². The first-order valence-corrected chi connectivity index (χ1v) is 19.4. The molecule has 0 heterocycles. The van der Waals surface area contributed by atoms with Gasteiger partial charge in [-0.05, 0) is 61.1 Å². The molecule has 17 N–H and O–H groups in total. The third-order valence-electron chi connectivity index (χ3n) is 9.16. The standard InChI is InChI=1S/C39H56N10O12/c1-2-3-5-26(33(41)56)45-35(58)27(6-4-17-44-39(42)43)46-36(59)28(18-21-7-11-23(50)12-8-21)48-37(60)29(19-22-9-13-24(51)14-10-22)49-38(61)30(20-32(54)55)47-34(57)25(40)15-16-31(52)53/h7-14,25-30,50-51H,2-6,15-20,40H2,1H3,(H2,41,56)(H,45,58)(H,46,59)(H,47,57)(H,48,60)(H,49,61)(H,52,53)(H,54,55)(H4,42,43,44)/t25-,26-,27-,28-,29-,30-/m0/s1. The summed E-state index contributed by atoms with van der Waals surface area (Å²) in [6.45, 7) is 2.01. The van der Waals surface area contributed by atoms with Crippen LogP contribution in [0.4, 0.5) is 0 Å². The molecule has 0 aliphatic carbocycles. The Labute approximate surface area is 351 Å². The van der Waals surface area contributed by atoms with Crippen LogP contribution in [-0.4, -0.2) is 117 Å². The lowest BCUT2D eigenvalue weighted by atomic mass is 10.0. The molecule has 0 aliphatic heterocycles. The molecule has 6 atom stereocenters. The van der Waals surface area contributed by atoms with Gasteiger partial charge in [0.05, 0.1) is 12.5 Å². The van der Waals surface area contributed by atoms with E-state index in [0.29, 0.717) is 24.0 Å². The van der Waals surface area contributed by atoms with Gasteiger partial charge in [-0.15, -0.1) is 0 Å². The van der Waals surface area contributed by atoms with E-state index in [4.69, 9.17) is 27.7 Å². The molecule has 334 valence electrons. The topological polar surface area (TPSA) is 392 Å². The zero-order valence-electron chi connectivity index (χ0n) is 33.6. The molecule has 0 saturated carbocycles. The van der Waals surface area contributed by atoms with Crippen LogP contribution in [0.25, 0.3) is 0 Å². The minimum Gasteiger partial charge on any atom is -0.508 e. The number of aromatic hydroxyl groups is 2. The molecular formula is C39H56N10O12. The molecule has 22 heteroatoms. The monoisotopic (exact) mass is 856 g/mol. The number of phenolic OH excluding ortho intramolecular Hbond substituents is 2.